The highest BCUT2D eigenvalue weighted by atomic mass is 16.5. The Hall–Kier alpha value is -4.40. The van der Waals surface area contributed by atoms with Crippen molar-refractivity contribution in [2.24, 2.45) is 0 Å². The van der Waals surface area contributed by atoms with Crippen LogP contribution in [0.5, 0.6) is 5.88 Å². The van der Waals surface area contributed by atoms with Gasteiger partial charge in [0.15, 0.2) is 0 Å². The molecule has 0 saturated heterocycles. The largest absolute Gasteiger partial charge is 0.493 e. The number of esters is 1. The van der Waals surface area contributed by atoms with Gasteiger partial charge in [-0.3, -0.25) is 14.0 Å². The first-order valence-corrected chi connectivity index (χ1v) is 9.59. The van der Waals surface area contributed by atoms with E-state index in [9.17, 15) is 24.6 Å². The molecule has 9 heteroatoms. The number of fused-ring (bicyclic) bond motifs is 1. The third-order valence-electron chi connectivity index (χ3n) is 5.06. The second-order valence-corrected chi connectivity index (χ2v) is 7.00. The summed E-state index contributed by atoms with van der Waals surface area (Å²) < 4.78 is 11.9. The van der Waals surface area contributed by atoms with Gasteiger partial charge in [0, 0.05) is 11.8 Å². The van der Waals surface area contributed by atoms with Crippen LogP contribution < -0.4 is 5.56 Å². The van der Waals surface area contributed by atoms with Crippen LogP contribution in [-0.2, 0) is 9.53 Å². The van der Waals surface area contributed by atoms with Gasteiger partial charge in [0.05, 0.1) is 30.6 Å². The lowest BCUT2D eigenvalue weighted by atomic mass is 9.94. The van der Waals surface area contributed by atoms with Crippen molar-refractivity contribution >= 4 is 17.6 Å². The number of aromatic nitrogens is 2. The smallest absolute Gasteiger partial charge is 0.335 e. The van der Waals surface area contributed by atoms with Gasteiger partial charge < -0.3 is 19.4 Å². The number of furan rings is 1. The van der Waals surface area contributed by atoms with Crippen molar-refractivity contribution in [3.63, 3.8) is 0 Å². The Bertz CT molecular complexity index is 1390. The molecule has 0 aliphatic heterocycles. The normalized spacial score (nSPS) is 11.9. The molecule has 0 spiro atoms. The molecule has 1 unspecified atom stereocenters. The summed E-state index contributed by atoms with van der Waals surface area (Å²) in [6.07, 6.45) is 1.23. The van der Waals surface area contributed by atoms with E-state index in [-0.39, 0.29) is 29.0 Å². The van der Waals surface area contributed by atoms with E-state index in [1.165, 1.54) is 29.8 Å². The maximum atomic E-state index is 13.1. The molecular weight excluding hydrogens is 416 g/mol. The van der Waals surface area contributed by atoms with Gasteiger partial charge in [-0.15, -0.1) is 0 Å². The molecule has 3 heterocycles. The monoisotopic (exact) mass is 434 g/mol. The molecule has 0 aliphatic carbocycles. The highest BCUT2D eigenvalue weighted by molar-refractivity contribution is 5.89. The molecule has 0 fully saturated rings. The van der Waals surface area contributed by atoms with Crippen molar-refractivity contribution in [2.45, 2.75) is 12.3 Å². The van der Waals surface area contributed by atoms with E-state index in [2.05, 4.69) is 4.98 Å². The number of nitrogens with zero attached hydrogens (tertiary/aromatic N) is 2. The molecule has 0 amide bonds. The van der Waals surface area contributed by atoms with Crippen LogP contribution in [0.15, 0.2) is 70.0 Å². The predicted molar refractivity (Wildman–Crippen MR) is 113 cm³/mol. The van der Waals surface area contributed by atoms with Crippen LogP contribution in [0.25, 0.3) is 17.0 Å². The topological polar surface area (TPSA) is 131 Å². The molecule has 1 aromatic carbocycles. The number of aromatic carboxylic acids is 1. The number of ether oxygens (including phenoxy) is 1. The van der Waals surface area contributed by atoms with Crippen molar-refractivity contribution < 1.29 is 29.0 Å². The van der Waals surface area contributed by atoms with E-state index >= 15 is 0 Å². The minimum atomic E-state index is -1.08. The Balaban J connectivity index is 1.84. The molecule has 0 saturated carbocycles. The number of carboxylic acids is 1. The number of benzene rings is 1. The number of rotatable bonds is 6. The molecule has 9 nitrogen and oxygen atoms in total. The molecular formula is C23H18N2O7. The molecule has 0 radical (unpaired) electrons. The number of carbonyl (C=O) groups excluding carboxylic acids is 1. The molecule has 0 bridgehead atoms. The van der Waals surface area contributed by atoms with Crippen molar-refractivity contribution in [2.75, 3.05) is 7.11 Å². The number of hydrogen-bond acceptors (Lipinski definition) is 7. The molecule has 4 rings (SSSR count). The summed E-state index contributed by atoms with van der Waals surface area (Å²) in [5, 5.41) is 19.8. The van der Waals surface area contributed by atoms with Crippen molar-refractivity contribution in [1.82, 2.24) is 9.38 Å². The first kappa shape index (κ1) is 20.9. The van der Waals surface area contributed by atoms with Crippen LogP contribution in [0.2, 0.25) is 0 Å². The minimum absolute atomic E-state index is 0.0844. The fourth-order valence-corrected chi connectivity index (χ4v) is 3.49. The lowest BCUT2D eigenvalue weighted by Gasteiger charge is -2.15. The van der Waals surface area contributed by atoms with Gasteiger partial charge in [-0.05, 0) is 36.4 Å². The Morgan fingerprint density at radius 2 is 1.97 bits per heavy atom. The van der Waals surface area contributed by atoms with Crippen LogP contribution in [0, 0.1) is 0 Å². The van der Waals surface area contributed by atoms with Crippen LogP contribution in [0.3, 0.4) is 0 Å². The van der Waals surface area contributed by atoms with Crippen LogP contribution >= 0.6 is 0 Å². The van der Waals surface area contributed by atoms with Crippen molar-refractivity contribution in [3.05, 3.63) is 88.0 Å². The highest BCUT2D eigenvalue weighted by Crippen LogP contribution is 2.34. The van der Waals surface area contributed by atoms with E-state index < -0.39 is 29.3 Å². The zero-order valence-electron chi connectivity index (χ0n) is 16.9. The number of carbonyl (C=O) groups is 2. The van der Waals surface area contributed by atoms with E-state index in [1.54, 1.807) is 42.5 Å². The van der Waals surface area contributed by atoms with E-state index in [4.69, 9.17) is 9.15 Å². The van der Waals surface area contributed by atoms with Crippen molar-refractivity contribution in [3.8, 4) is 17.2 Å². The highest BCUT2D eigenvalue weighted by Gasteiger charge is 2.29. The van der Waals surface area contributed by atoms with Crippen LogP contribution in [0.1, 0.15) is 34.0 Å². The summed E-state index contributed by atoms with van der Waals surface area (Å²) in [6, 6.07) is 14.2. The third kappa shape index (κ3) is 3.83. The molecule has 4 aromatic rings. The summed E-state index contributed by atoms with van der Waals surface area (Å²) in [7, 11) is 1.22. The Labute approximate surface area is 181 Å². The molecule has 162 valence electrons. The first-order valence-electron chi connectivity index (χ1n) is 9.59. The zero-order valence-corrected chi connectivity index (χ0v) is 16.9. The quantitative estimate of drug-likeness (QED) is 0.443. The van der Waals surface area contributed by atoms with Crippen LogP contribution in [-0.4, -0.2) is 38.6 Å². The standard InChI is InChI=1S/C23H18N2O7/c1-31-19(26)12-15(20-21(27)24-18-7-2-3-10-25(18)22(20)28)17-9-8-16(32-17)13-5-4-6-14(11-13)23(29)30/h2-11,15,27H,12H2,1H3,(H,29,30). The van der Waals surface area contributed by atoms with Gasteiger partial charge in [0.25, 0.3) is 5.56 Å². The lowest BCUT2D eigenvalue weighted by Crippen LogP contribution is -2.24. The molecule has 0 aliphatic rings. The summed E-state index contributed by atoms with van der Waals surface area (Å²) in [5.41, 5.74) is 0.181. The summed E-state index contributed by atoms with van der Waals surface area (Å²) in [5.74, 6) is -2.63. The van der Waals surface area contributed by atoms with Crippen molar-refractivity contribution in [1.29, 1.82) is 0 Å². The van der Waals surface area contributed by atoms with Gasteiger partial charge in [0.1, 0.15) is 17.2 Å². The number of hydrogen-bond donors (Lipinski definition) is 2. The molecule has 3 aromatic heterocycles. The first-order chi connectivity index (χ1) is 15.4. The fraction of sp³-hybridized carbons (Fsp3) is 0.130. The van der Waals surface area contributed by atoms with Crippen LogP contribution in [0.4, 0.5) is 0 Å². The second kappa shape index (κ2) is 8.38. The number of methoxy groups -OCH3 is 1. The maximum absolute atomic E-state index is 13.1. The lowest BCUT2D eigenvalue weighted by molar-refractivity contribution is -0.140. The number of carboxylic acid groups (broad SMARTS) is 1. The predicted octanol–water partition coefficient (Wildman–Crippen LogP) is 3.05. The Kier molecular flexibility index (Phi) is 5.46. The number of pyridine rings is 1. The average Bonchev–Trinajstić information content (AvgIpc) is 3.28. The van der Waals surface area contributed by atoms with Gasteiger partial charge in [-0.1, -0.05) is 18.2 Å². The summed E-state index contributed by atoms with van der Waals surface area (Å²) in [6.45, 7) is 0. The van der Waals surface area contributed by atoms with E-state index in [0.717, 1.165) is 0 Å². The molecule has 1 atom stereocenters. The maximum Gasteiger partial charge on any atom is 0.335 e. The fourth-order valence-electron chi connectivity index (χ4n) is 3.49. The van der Waals surface area contributed by atoms with Gasteiger partial charge in [-0.25, -0.2) is 4.79 Å². The Morgan fingerprint density at radius 3 is 2.72 bits per heavy atom. The van der Waals surface area contributed by atoms with E-state index in [0.29, 0.717) is 11.3 Å². The summed E-state index contributed by atoms with van der Waals surface area (Å²) in [4.78, 5) is 40.6. The SMILES string of the molecule is COC(=O)CC(c1ccc(-c2cccc(C(=O)O)c2)o1)c1c(O)nc2ccccn2c1=O. The minimum Gasteiger partial charge on any atom is -0.493 e. The average molecular weight is 434 g/mol. The van der Waals surface area contributed by atoms with Gasteiger partial charge in [0.2, 0.25) is 5.88 Å². The number of aromatic hydroxyl groups is 1. The zero-order chi connectivity index (χ0) is 22.8. The molecule has 32 heavy (non-hydrogen) atoms. The summed E-state index contributed by atoms with van der Waals surface area (Å²) >= 11 is 0. The second-order valence-electron chi connectivity index (χ2n) is 7.00. The van der Waals surface area contributed by atoms with Gasteiger partial charge in [-0.2, -0.15) is 4.98 Å². The Morgan fingerprint density at radius 1 is 1.16 bits per heavy atom. The third-order valence-corrected chi connectivity index (χ3v) is 5.06. The van der Waals surface area contributed by atoms with Gasteiger partial charge >= 0.3 is 11.9 Å². The van der Waals surface area contributed by atoms with E-state index in [1.807, 2.05) is 0 Å². The molecule has 2 N–H and O–H groups in total.